The van der Waals surface area contributed by atoms with E-state index in [1.807, 2.05) is 0 Å². The Hall–Kier alpha value is -2.89. The lowest BCUT2D eigenvalue weighted by Crippen LogP contribution is -2.37. The number of hydrogen-bond donors (Lipinski definition) is 3. The molecule has 2 aliphatic rings. The molecule has 1 atom stereocenters. The number of hydrogen-bond acceptors (Lipinski definition) is 4. The number of allylic oxidation sites excluding steroid dienone is 2. The normalized spacial score (nSPS) is 19.1. The van der Waals surface area contributed by atoms with E-state index in [0.29, 0.717) is 17.1 Å². The minimum atomic E-state index is -1.07. The van der Waals surface area contributed by atoms with Crippen LogP contribution in [0.2, 0.25) is 0 Å². The number of carbonyl (C=O) groups is 2. The molecule has 3 rings (SSSR count). The number of carboxylic acid groups (broad SMARTS) is 2. The number of benzene rings is 1. The number of rotatable bonds is 2. The molecule has 3 N–H and O–H groups in total. The first-order valence-corrected chi connectivity index (χ1v) is 5.91. The average molecular weight is 270 g/mol. The summed E-state index contributed by atoms with van der Waals surface area (Å²) < 4.78 is 0. The van der Waals surface area contributed by atoms with Crippen molar-refractivity contribution in [3.63, 3.8) is 0 Å². The number of nitrogens with zero attached hydrogens (tertiary/aromatic N) is 1. The van der Waals surface area contributed by atoms with Gasteiger partial charge in [0, 0.05) is 0 Å². The van der Waals surface area contributed by atoms with Gasteiger partial charge in [-0.15, -0.1) is 0 Å². The first kappa shape index (κ1) is 12.2. The van der Waals surface area contributed by atoms with Crippen molar-refractivity contribution < 1.29 is 19.8 Å². The second kappa shape index (κ2) is 4.34. The molecular formula is C14H10N2O4. The van der Waals surface area contributed by atoms with E-state index < -0.39 is 18.0 Å². The zero-order chi connectivity index (χ0) is 14.3. The van der Waals surface area contributed by atoms with Crippen LogP contribution in [0.4, 0.5) is 11.4 Å². The van der Waals surface area contributed by atoms with Gasteiger partial charge in [-0.3, -0.25) is 0 Å². The lowest BCUT2D eigenvalue weighted by molar-refractivity contribution is -0.132. The lowest BCUT2D eigenvalue weighted by atomic mass is 9.94. The Labute approximate surface area is 113 Å². The maximum atomic E-state index is 11.2. The molecule has 1 heterocycles. The van der Waals surface area contributed by atoms with Gasteiger partial charge in [-0.1, -0.05) is 12.1 Å². The molecule has 0 saturated heterocycles. The summed E-state index contributed by atoms with van der Waals surface area (Å²) in [6.07, 6.45) is 4.77. The molecule has 100 valence electrons. The minimum absolute atomic E-state index is 0.0841. The predicted molar refractivity (Wildman–Crippen MR) is 72.8 cm³/mol. The van der Waals surface area contributed by atoms with Crippen molar-refractivity contribution in [1.29, 1.82) is 0 Å². The van der Waals surface area contributed by atoms with Gasteiger partial charge in [0.25, 0.3) is 0 Å². The fraction of sp³-hybridized carbons (Fsp3) is 0.0714. The van der Waals surface area contributed by atoms with E-state index in [-0.39, 0.29) is 11.1 Å². The van der Waals surface area contributed by atoms with Crippen molar-refractivity contribution in [2.24, 2.45) is 4.99 Å². The summed E-state index contributed by atoms with van der Waals surface area (Å²) in [7, 11) is 0. The minimum Gasteiger partial charge on any atom is -0.478 e. The largest absolute Gasteiger partial charge is 0.478 e. The Bertz CT molecular complexity index is 716. The third-order valence-corrected chi connectivity index (χ3v) is 3.20. The number of carboxylic acids is 2. The van der Waals surface area contributed by atoms with Crippen LogP contribution in [0.25, 0.3) is 0 Å². The SMILES string of the molecule is O=C(O)C1=CC=CC2=Nc3c(cccc3C(=O)O)NC12. The van der Waals surface area contributed by atoms with Crippen molar-refractivity contribution in [3.05, 3.63) is 47.6 Å². The van der Waals surface area contributed by atoms with E-state index in [4.69, 9.17) is 5.11 Å². The summed E-state index contributed by atoms with van der Waals surface area (Å²) in [5, 5.41) is 21.4. The Morgan fingerprint density at radius 2 is 2.00 bits per heavy atom. The number of fused-ring (bicyclic) bond motifs is 2. The number of para-hydroxylation sites is 1. The van der Waals surface area contributed by atoms with Crippen LogP contribution in [-0.2, 0) is 4.79 Å². The van der Waals surface area contributed by atoms with Crippen molar-refractivity contribution in [1.82, 2.24) is 0 Å². The van der Waals surface area contributed by atoms with Gasteiger partial charge in [-0.05, 0) is 24.3 Å². The van der Waals surface area contributed by atoms with Crippen molar-refractivity contribution in [2.45, 2.75) is 6.04 Å². The van der Waals surface area contributed by atoms with Crippen LogP contribution in [0.15, 0.2) is 47.0 Å². The molecule has 20 heavy (non-hydrogen) atoms. The van der Waals surface area contributed by atoms with Gasteiger partial charge in [0.05, 0.1) is 22.5 Å². The lowest BCUT2D eigenvalue weighted by Gasteiger charge is -2.28. The smallest absolute Gasteiger partial charge is 0.337 e. The van der Waals surface area contributed by atoms with Crippen molar-refractivity contribution in [3.8, 4) is 0 Å². The van der Waals surface area contributed by atoms with Gasteiger partial charge in [0.15, 0.2) is 0 Å². The molecule has 0 aromatic heterocycles. The molecule has 6 heteroatoms. The molecule has 0 fully saturated rings. The van der Waals surface area contributed by atoms with Crippen molar-refractivity contribution in [2.75, 3.05) is 5.32 Å². The Balaban J connectivity index is 2.13. The van der Waals surface area contributed by atoms with Crippen LogP contribution in [0.3, 0.4) is 0 Å². The molecule has 1 aliphatic carbocycles. The maximum Gasteiger partial charge on any atom is 0.337 e. The highest BCUT2D eigenvalue weighted by atomic mass is 16.4. The summed E-state index contributed by atoms with van der Waals surface area (Å²) in [5.74, 6) is -2.10. The van der Waals surface area contributed by atoms with E-state index in [1.165, 1.54) is 12.1 Å². The molecule has 1 aliphatic heterocycles. The summed E-state index contributed by atoms with van der Waals surface area (Å²) >= 11 is 0. The zero-order valence-corrected chi connectivity index (χ0v) is 10.2. The summed E-state index contributed by atoms with van der Waals surface area (Å²) in [6.45, 7) is 0. The van der Waals surface area contributed by atoms with Crippen LogP contribution in [0.5, 0.6) is 0 Å². The molecule has 0 saturated carbocycles. The topological polar surface area (TPSA) is 99.0 Å². The molecular weight excluding hydrogens is 260 g/mol. The molecule has 1 aromatic rings. The quantitative estimate of drug-likeness (QED) is 0.761. The van der Waals surface area contributed by atoms with E-state index in [2.05, 4.69) is 10.3 Å². The molecule has 0 bridgehead atoms. The molecule has 0 amide bonds. The van der Waals surface area contributed by atoms with E-state index in [9.17, 15) is 14.7 Å². The summed E-state index contributed by atoms with van der Waals surface area (Å²) in [5.41, 5.74) is 1.59. The Kier molecular flexibility index (Phi) is 2.64. The number of aliphatic carboxylic acids is 1. The van der Waals surface area contributed by atoms with Crippen LogP contribution < -0.4 is 5.32 Å². The first-order chi connectivity index (χ1) is 9.58. The van der Waals surface area contributed by atoms with Crippen LogP contribution >= 0.6 is 0 Å². The van der Waals surface area contributed by atoms with Crippen LogP contribution in [-0.4, -0.2) is 33.9 Å². The van der Waals surface area contributed by atoms with Crippen molar-refractivity contribution >= 4 is 29.0 Å². The monoisotopic (exact) mass is 270 g/mol. The van der Waals surface area contributed by atoms with Crippen LogP contribution in [0, 0.1) is 0 Å². The molecule has 0 radical (unpaired) electrons. The fourth-order valence-corrected chi connectivity index (χ4v) is 2.29. The maximum absolute atomic E-state index is 11.2. The van der Waals surface area contributed by atoms with Gasteiger partial charge >= 0.3 is 11.9 Å². The second-order valence-corrected chi connectivity index (χ2v) is 4.41. The second-order valence-electron chi connectivity index (χ2n) is 4.41. The van der Waals surface area contributed by atoms with E-state index in [0.717, 1.165) is 0 Å². The van der Waals surface area contributed by atoms with Gasteiger partial charge < -0.3 is 15.5 Å². The van der Waals surface area contributed by atoms with Crippen LogP contribution in [0.1, 0.15) is 10.4 Å². The zero-order valence-electron chi connectivity index (χ0n) is 10.2. The average Bonchev–Trinajstić information content (AvgIpc) is 2.43. The van der Waals surface area contributed by atoms with Gasteiger partial charge in [-0.25, -0.2) is 14.6 Å². The van der Waals surface area contributed by atoms with Gasteiger partial charge in [0.1, 0.15) is 11.7 Å². The Morgan fingerprint density at radius 3 is 2.70 bits per heavy atom. The standard InChI is InChI=1S/C14H10N2O4/c17-13(18)7-3-1-5-9-11(7)16-10-6-2-4-8(14(19)20)12(10)15-9/h1-6,11,16H,(H,17,18)(H,19,20). The number of aliphatic imine (C=N–C) groups is 1. The predicted octanol–water partition coefficient (Wildman–Crippen LogP) is 1.83. The molecule has 1 unspecified atom stereocenters. The highest BCUT2D eigenvalue weighted by Crippen LogP contribution is 2.35. The van der Waals surface area contributed by atoms with E-state index in [1.54, 1.807) is 24.3 Å². The molecule has 0 spiro atoms. The van der Waals surface area contributed by atoms with Gasteiger partial charge in [-0.2, -0.15) is 0 Å². The summed E-state index contributed by atoms with van der Waals surface area (Å²) in [4.78, 5) is 26.7. The van der Waals surface area contributed by atoms with E-state index >= 15 is 0 Å². The third kappa shape index (κ3) is 1.78. The van der Waals surface area contributed by atoms with Gasteiger partial charge in [0.2, 0.25) is 0 Å². The molecule has 6 nitrogen and oxygen atoms in total. The Morgan fingerprint density at radius 1 is 1.20 bits per heavy atom. The number of anilines is 1. The number of aromatic carboxylic acids is 1. The fourth-order valence-electron chi connectivity index (χ4n) is 2.29. The summed E-state index contributed by atoms with van der Waals surface area (Å²) in [6, 6.07) is 4.18. The first-order valence-electron chi connectivity index (χ1n) is 5.91. The highest BCUT2D eigenvalue weighted by molar-refractivity contribution is 6.15. The highest BCUT2D eigenvalue weighted by Gasteiger charge is 2.31. The number of nitrogens with one attached hydrogen (secondary N) is 1. The molecule has 1 aromatic carbocycles. The third-order valence-electron chi connectivity index (χ3n) is 3.20.